The van der Waals surface area contributed by atoms with E-state index in [1.54, 1.807) is 6.07 Å². The minimum atomic E-state index is -0.376. The number of rotatable bonds is 3. The molecule has 0 aromatic heterocycles. The van der Waals surface area contributed by atoms with Crippen LogP contribution in [0, 0.1) is 23.0 Å². The third-order valence-corrected chi connectivity index (χ3v) is 1.89. The largest absolute Gasteiger partial charge is 0.269 e. The topological polar surface area (TPSA) is 43.1 Å². The lowest BCUT2D eigenvalue weighted by molar-refractivity contribution is -0.384. The van der Waals surface area contributed by atoms with Gasteiger partial charge in [0.15, 0.2) is 0 Å². The van der Waals surface area contributed by atoms with E-state index in [1.807, 2.05) is 6.07 Å². The maximum Gasteiger partial charge on any atom is 0.269 e. The molecule has 0 N–H and O–H groups in total. The summed E-state index contributed by atoms with van der Waals surface area (Å²) in [5.74, 6) is 0.497. The predicted molar refractivity (Wildman–Crippen MR) is 56.1 cm³/mol. The molecule has 3 heteroatoms. The van der Waals surface area contributed by atoms with E-state index in [9.17, 15) is 10.1 Å². The van der Waals surface area contributed by atoms with Crippen LogP contribution in [0.2, 0.25) is 0 Å². The molecular weight excluding hydrogens is 178 g/mol. The van der Waals surface area contributed by atoms with E-state index in [4.69, 9.17) is 0 Å². The van der Waals surface area contributed by atoms with Crippen LogP contribution in [0.4, 0.5) is 5.69 Å². The van der Waals surface area contributed by atoms with Gasteiger partial charge in [0.25, 0.3) is 5.69 Å². The highest BCUT2D eigenvalue weighted by Gasteiger charge is 2.08. The van der Waals surface area contributed by atoms with Crippen LogP contribution in [0.1, 0.15) is 25.0 Å². The molecule has 75 valence electrons. The summed E-state index contributed by atoms with van der Waals surface area (Å²) in [5, 5.41) is 10.6. The summed E-state index contributed by atoms with van der Waals surface area (Å²) in [6.45, 7) is 7.90. The molecular formula is C11H14NO2. The first-order valence-electron chi connectivity index (χ1n) is 4.59. The van der Waals surface area contributed by atoms with Gasteiger partial charge in [-0.2, -0.15) is 0 Å². The van der Waals surface area contributed by atoms with E-state index in [-0.39, 0.29) is 10.6 Å². The maximum absolute atomic E-state index is 10.6. The van der Waals surface area contributed by atoms with Crippen molar-refractivity contribution in [1.29, 1.82) is 0 Å². The van der Waals surface area contributed by atoms with Crippen LogP contribution in [0.25, 0.3) is 0 Å². The van der Waals surface area contributed by atoms with Gasteiger partial charge in [-0.05, 0) is 30.4 Å². The fourth-order valence-electron chi connectivity index (χ4n) is 1.44. The Morgan fingerprint density at radius 2 is 2.07 bits per heavy atom. The first-order valence-corrected chi connectivity index (χ1v) is 4.59. The lowest BCUT2D eigenvalue weighted by Crippen LogP contribution is -1.97. The van der Waals surface area contributed by atoms with E-state index in [0.29, 0.717) is 11.5 Å². The van der Waals surface area contributed by atoms with E-state index < -0.39 is 0 Å². The van der Waals surface area contributed by atoms with Crippen LogP contribution in [0.15, 0.2) is 18.2 Å². The van der Waals surface area contributed by atoms with Crippen LogP contribution in [0.5, 0.6) is 0 Å². The van der Waals surface area contributed by atoms with Crippen molar-refractivity contribution < 1.29 is 4.92 Å². The van der Waals surface area contributed by atoms with Gasteiger partial charge in [-0.3, -0.25) is 10.1 Å². The number of hydrogen-bond acceptors (Lipinski definition) is 2. The molecule has 1 rings (SSSR count). The van der Waals surface area contributed by atoms with Crippen molar-refractivity contribution in [2.45, 2.75) is 20.3 Å². The normalized spacial score (nSPS) is 10.6. The third kappa shape index (κ3) is 2.83. The molecule has 1 aromatic rings. The zero-order valence-corrected chi connectivity index (χ0v) is 8.49. The van der Waals surface area contributed by atoms with Crippen molar-refractivity contribution in [3.8, 4) is 0 Å². The highest BCUT2D eigenvalue weighted by Crippen LogP contribution is 2.18. The lowest BCUT2D eigenvalue weighted by atomic mass is 10.0. The Hall–Kier alpha value is -1.38. The minimum Gasteiger partial charge on any atom is -0.258 e. The first-order chi connectivity index (χ1) is 6.49. The molecule has 3 nitrogen and oxygen atoms in total. The Balaban J connectivity index is 3.01. The Morgan fingerprint density at radius 1 is 1.43 bits per heavy atom. The van der Waals surface area contributed by atoms with Crippen LogP contribution >= 0.6 is 0 Å². The molecule has 0 saturated carbocycles. The Morgan fingerprint density at radius 3 is 2.57 bits per heavy atom. The molecule has 0 saturated heterocycles. The molecule has 0 spiro atoms. The lowest BCUT2D eigenvalue weighted by Gasteiger charge is -2.05. The molecule has 0 aliphatic heterocycles. The summed E-state index contributed by atoms with van der Waals surface area (Å²) in [5.41, 5.74) is 1.82. The second kappa shape index (κ2) is 4.22. The molecule has 0 aliphatic rings. The van der Waals surface area contributed by atoms with Crippen LogP contribution in [-0.2, 0) is 6.42 Å². The average molecular weight is 192 g/mol. The van der Waals surface area contributed by atoms with Crippen molar-refractivity contribution >= 4 is 5.69 Å². The predicted octanol–water partition coefficient (Wildman–Crippen LogP) is 2.98. The zero-order chi connectivity index (χ0) is 10.7. The van der Waals surface area contributed by atoms with Crippen molar-refractivity contribution in [3.63, 3.8) is 0 Å². The van der Waals surface area contributed by atoms with E-state index in [0.717, 1.165) is 12.0 Å². The molecule has 1 radical (unpaired) electrons. The summed E-state index contributed by atoms with van der Waals surface area (Å²) in [6, 6.07) is 5.01. The third-order valence-electron chi connectivity index (χ3n) is 1.89. The summed E-state index contributed by atoms with van der Waals surface area (Å²) in [7, 11) is 0. The SMILES string of the molecule is [CH2]c1cc(CC(C)C)cc([N+](=O)[O-])c1. The molecule has 14 heavy (non-hydrogen) atoms. The molecule has 0 bridgehead atoms. The fourth-order valence-corrected chi connectivity index (χ4v) is 1.44. The Kier molecular flexibility index (Phi) is 3.23. The van der Waals surface area contributed by atoms with Crippen molar-refractivity contribution in [2.75, 3.05) is 0 Å². The summed E-state index contributed by atoms with van der Waals surface area (Å²) in [4.78, 5) is 10.2. The van der Waals surface area contributed by atoms with Crippen molar-refractivity contribution in [1.82, 2.24) is 0 Å². The van der Waals surface area contributed by atoms with Crippen LogP contribution < -0.4 is 0 Å². The highest BCUT2D eigenvalue weighted by atomic mass is 16.6. The van der Waals surface area contributed by atoms with Crippen LogP contribution in [-0.4, -0.2) is 4.92 Å². The fraction of sp³-hybridized carbons (Fsp3) is 0.364. The van der Waals surface area contributed by atoms with Gasteiger partial charge in [-0.1, -0.05) is 19.9 Å². The summed E-state index contributed by atoms with van der Waals surface area (Å²) < 4.78 is 0. The van der Waals surface area contributed by atoms with Gasteiger partial charge in [0.05, 0.1) is 4.92 Å². The zero-order valence-electron chi connectivity index (χ0n) is 8.49. The van der Waals surface area contributed by atoms with Crippen LogP contribution in [0.3, 0.4) is 0 Å². The quantitative estimate of drug-likeness (QED) is 0.545. The second-order valence-corrected chi connectivity index (χ2v) is 3.86. The molecule has 0 heterocycles. The first kappa shape index (κ1) is 10.7. The number of nitro groups is 1. The van der Waals surface area contributed by atoms with Gasteiger partial charge >= 0.3 is 0 Å². The number of hydrogen-bond donors (Lipinski definition) is 0. The smallest absolute Gasteiger partial charge is 0.258 e. The average Bonchev–Trinajstić information content (AvgIpc) is 2.01. The van der Waals surface area contributed by atoms with Gasteiger partial charge < -0.3 is 0 Å². The van der Waals surface area contributed by atoms with Crippen molar-refractivity contribution in [2.24, 2.45) is 5.92 Å². The van der Waals surface area contributed by atoms with E-state index >= 15 is 0 Å². The number of benzene rings is 1. The molecule has 1 aromatic carbocycles. The summed E-state index contributed by atoms with van der Waals surface area (Å²) in [6.07, 6.45) is 0.851. The molecule has 0 aliphatic carbocycles. The molecule has 0 atom stereocenters. The number of non-ortho nitro benzene ring substituents is 1. The highest BCUT2D eigenvalue weighted by molar-refractivity contribution is 5.40. The van der Waals surface area contributed by atoms with E-state index in [2.05, 4.69) is 20.8 Å². The van der Waals surface area contributed by atoms with Crippen molar-refractivity contribution in [3.05, 3.63) is 46.4 Å². The second-order valence-electron chi connectivity index (χ2n) is 3.86. The summed E-state index contributed by atoms with van der Waals surface area (Å²) >= 11 is 0. The molecule has 0 fully saturated rings. The minimum absolute atomic E-state index is 0.133. The van der Waals surface area contributed by atoms with Gasteiger partial charge in [0.2, 0.25) is 0 Å². The molecule has 0 amide bonds. The van der Waals surface area contributed by atoms with Gasteiger partial charge in [-0.15, -0.1) is 0 Å². The Labute approximate surface area is 83.9 Å². The van der Waals surface area contributed by atoms with Gasteiger partial charge in [0.1, 0.15) is 0 Å². The monoisotopic (exact) mass is 192 g/mol. The molecule has 0 unspecified atom stereocenters. The van der Waals surface area contributed by atoms with Gasteiger partial charge in [-0.25, -0.2) is 0 Å². The number of nitrogens with zero attached hydrogens (tertiary/aromatic N) is 1. The number of nitro benzene ring substituents is 1. The Bertz CT molecular complexity index is 345. The van der Waals surface area contributed by atoms with Gasteiger partial charge in [0, 0.05) is 12.1 Å². The standard InChI is InChI=1S/C11H14NO2/c1-8(2)4-10-5-9(3)6-11(7-10)12(13)14/h5-8H,3-4H2,1-2H3. The van der Waals surface area contributed by atoms with E-state index in [1.165, 1.54) is 6.07 Å². The maximum atomic E-state index is 10.6.